The van der Waals surface area contributed by atoms with E-state index in [-0.39, 0.29) is 17.2 Å². The quantitative estimate of drug-likeness (QED) is 0.911. The molecule has 2 heterocycles. The zero-order valence-electron chi connectivity index (χ0n) is 12.7. The Balaban J connectivity index is 1.64. The molecule has 0 bridgehead atoms. The van der Waals surface area contributed by atoms with Gasteiger partial charge in [0, 0.05) is 19.0 Å². The minimum absolute atomic E-state index is 0.0658. The fraction of sp³-hybridized carbons (Fsp3) is 0.438. The van der Waals surface area contributed by atoms with E-state index < -0.39 is 23.3 Å². The number of halogens is 2. The largest absolute Gasteiger partial charge is 0.439 e. The molecule has 1 aromatic carbocycles. The number of carbonyl (C=O) groups is 1. The standard InChI is InChI=1S/C16H15F2N3O3/c17-11-3-2-9(6-12(11)18)10-7-21(8-16(10)4-1-5-16)14(22)13-19-15(23)24-20-13/h2-3,6,10H,1,4-5,7-8H2,(H,19,20,23)/t10-/m0/s1. The maximum Gasteiger partial charge on any atom is 0.439 e. The first-order chi connectivity index (χ1) is 11.5. The smallest absolute Gasteiger partial charge is 0.335 e. The van der Waals surface area contributed by atoms with Crippen molar-refractivity contribution in [3.8, 4) is 0 Å². The van der Waals surface area contributed by atoms with Crippen molar-refractivity contribution in [2.24, 2.45) is 5.41 Å². The summed E-state index contributed by atoms with van der Waals surface area (Å²) in [6, 6.07) is 3.91. The molecule has 1 aliphatic carbocycles. The molecule has 1 aliphatic heterocycles. The molecule has 1 atom stereocenters. The predicted molar refractivity (Wildman–Crippen MR) is 78.4 cm³/mol. The van der Waals surface area contributed by atoms with Gasteiger partial charge in [-0.1, -0.05) is 12.5 Å². The molecule has 1 amide bonds. The molecule has 1 spiro atoms. The molecular weight excluding hydrogens is 320 g/mol. The Morgan fingerprint density at radius 1 is 1.33 bits per heavy atom. The first-order valence-electron chi connectivity index (χ1n) is 7.79. The van der Waals surface area contributed by atoms with E-state index in [2.05, 4.69) is 14.7 Å². The van der Waals surface area contributed by atoms with Crippen LogP contribution in [0.3, 0.4) is 0 Å². The first kappa shape index (κ1) is 15.0. The summed E-state index contributed by atoms with van der Waals surface area (Å²) in [5, 5.41) is 3.43. The van der Waals surface area contributed by atoms with E-state index >= 15 is 0 Å². The van der Waals surface area contributed by atoms with Crippen LogP contribution in [0.25, 0.3) is 0 Å². The molecule has 2 aliphatic rings. The van der Waals surface area contributed by atoms with E-state index in [1.165, 1.54) is 6.07 Å². The van der Waals surface area contributed by atoms with Crippen molar-refractivity contribution in [1.82, 2.24) is 15.0 Å². The number of rotatable bonds is 2. The van der Waals surface area contributed by atoms with Crippen molar-refractivity contribution < 1.29 is 18.1 Å². The maximum absolute atomic E-state index is 13.6. The highest BCUT2D eigenvalue weighted by Gasteiger charge is 2.52. The summed E-state index contributed by atoms with van der Waals surface area (Å²) in [4.78, 5) is 27.4. The van der Waals surface area contributed by atoms with E-state index in [9.17, 15) is 18.4 Å². The number of nitrogens with zero attached hydrogens (tertiary/aromatic N) is 2. The molecule has 4 rings (SSSR count). The number of H-pyrrole nitrogens is 1. The molecule has 1 N–H and O–H groups in total. The normalized spacial score (nSPS) is 21.9. The van der Waals surface area contributed by atoms with E-state index in [1.54, 1.807) is 11.0 Å². The summed E-state index contributed by atoms with van der Waals surface area (Å²) in [6.45, 7) is 0.878. The molecule has 1 aromatic heterocycles. The van der Waals surface area contributed by atoms with Gasteiger partial charge >= 0.3 is 5.76 Å². The molecule has 24 heavy (non-hydrogen) atoms. The topological polar surface area (TPSA) is 79.2 Å². The predicted octanol–water partition coefficient (Wildman–Crippen LogP) is 2.05. The fourth-order valence-electron chi connectivity index (χ4n) is 3.92. The van der Waals surface area contributed by atoms with Gasteiger partial charge in [-0.25, -0.2) is 13.6 Å². The minimum Gasteiger partial charge on any atom is -0.335 e. The summed E-state index contributed by atoms with van der Waals surface area (Å²) in [7, 11) is 0. The molecule has 1 saturated carbocycles. The van der Waals surface area contributed by atoms with Crippen LogP contribution in [0.2, 0.25) is 0 Å². The minimum atomic E-state index is -0.882. The second kappa shape index (κ2) is 5.25. The third-order valence-electron chi connectivity index (χ3n) is 5.27. The summed E-state index contributed by atoms with van der Waals surface area (Å²) >= 11 is 0. The van der Waals surface area contributed by atoms with Gasteiger partial charge < -0.3 is 4.90 Å². The van der Waals surface area contributed by atoms with Gasteiger partial charge in [0.2, 0.25) is 5.82 Å². The Labute approximate surface area is 135 Å². The number of likely N-dealkylation sites (tertiary alicyclic amines) is 1. The van der Waals surface area contributed by atoms with E-state index in [0.717, 1.165) is 25.3 Å². The van der Waals surface area contributed by atoms with Crippen molar-refractivity contribution in [3.63, 3.8) is 0 Å². The summed E-state index contributed by atoms with van der Waals surface area (Å²) < 4.78 is 31.2. The zero-order chi connectivity index (χ0) is 16.9. The van der Waals surface area contributed by atoms with Crippen molar-refractivity contribution in [2.75, 3.05) is 13.1 Å². The number of aromatic nitrogens is 2. The molecule has 0 unspecified atom stereocenters. The van der Waals surface area contributed by atoms with Crippen molar-refractivity contribution in [1.29, 1.82) is 0 Å². The van der Waals surface area contributed by atoms with Crippen LogP contribution in [-0.2, 0) is 0 Å². The van der Waals surface area contributed by atoms with Crippen LogP contribution in [0.1, 0.15) is 41.4 Å². The lowest BCUT2D eigenvalue weighted by Gasteiger charge is -2.43. The van der Waals surface area contributed by atoms with E-state index in [0.29, 0.717) is 18.7 Å². The summed E-state index contributed by atoms with van der Waals surface area (Å²) in [6.07, 6.45) is 2.90. The number of hydrogen-bond acceptors (Lipinski definition) is 4. The fourth-order valence-corrected chi connectivity index (χ4v) is 3.92. The average Bonchev–Trinajstić information content (AvgIpc) is 3.13. The Morgan fingerprint density at radius 2 is 2.12 bits per heavy atom. The highest BCUT2D eigenvalue weighted by atomic mass is 19.2. The molecule has 2 aromatic rings. The Kier molecular flexibility index (Phi) is 3.29. The van der Waals surface area contributed by atoms with E-state index in [1.807, 2.05) is 0 Å². The second-order valence-electron chi connectivity index (χ2n) is 6.57. The van der Waals surface area contributed by atoms with Gasteiger partial charge in [0.05, 0.1) is 0 Å². The monoisotopic (exact) mass is 335 g/mol. The third kappa shape index (κ3) is 2.24. The number of nitrogens with one attached hydrogen (secondary N) is 1. The number of amides is 1. The zero-order valence-corrected chi connectivity index (χ0v) is 12.7. The van der Waals surface area contributed by atoms with Crippen LogP contribution in [0.4, 0.5) is 8.78 Å². The Bertz CT molecular complexity index is 856. The lowest BCUT2D eigenvalue weighted by Crippen LogP contribution is -2.38. The molecule has 1 saturated heterocycles. The maximum atomic E-state index is 13.6. The number of hydrogen-bond donors (Lipinski definition) is 1. The summed E-state index contributed by atoms with van der Waals surface area (Å²) in [5.74, 6) is -3.17. The Morgan fingerprint density at radius 3 is 2.71 bits per heavy atom. The van der Waals surface area contributed by atoms with Crippen LogP contribution in [0.15, 0.2) is 27.5 Å². The molecule has 126 valence electrons. The second-order valence-corrected chi connectivity index (χ2v) is 6.57. The third-order valence-corrected chi connectivity index (χ3v) is 5.27. The highest BCUT2D eigenvalue weighted by molar-refractivity contribution is 5.90. The van der Waals surface area contributed by atoms with Gasteiger partial charge in [-0.05, 0) is 41.1 Å². The molecule has 6 nitrogen and oxygen atoms in total. The van der Waals surface area contributed by atoms with Gasteiger partial charge in [-0.3, -0.25) is 14.3 Å². The van der Waals surface area contributed by atoms with Crippen molar-refractivity contribution in [3.05, 3.63) is 51.8 Å². The number of benzene rings is 1. The summed E-state index contributed by atoms with van der Waals surface area (Å²) in [5.41, 5.74) is 0.571. The van der Waals surface area contributed by atoms with Gasteiger partial charge in [0.15, 0.2) is 11.6 Å². The van der Waals surface area contributed by atoms with Gasteiger partial charge in [-0.2, -0.15) is 0 Å². The van der Waals surface area contributed by atoms with Gasteiger partial charge in [0.1, 0.15) is 0 Å². The average molecular weight is 335 g/mol. The molecule has 0 radical (unpaired) electrons. The van der Waals surface area contributed by atoms with Crippen LogP contribution in [0.5, 0.6) is 0 Å². The first-order valence-corrected chi connectivity index (χ1v) is 7.79. The lowest BCUT2D eigenvalue weighted by atomic mass is 9.61. The molecular formula is C16H15F2N3O3. The van der Waals surface area contributed by atoms with Gasteiger partial charge in [-0.15, -0.1) is 0 Å². The van der Waals surface area contributed by atoms with Crippen molar-refractivity contribution >= 4 is 5.91 Å². The van der Waals surface area contributed by atoms with Crippen LogP contribution >= 0.6 is 0 Å². The van der Waals surface area contributed by atoms with Crippen LogP contribution in [0, 0.1) is 17.0 Å². The Hall–Kier alpha value is -2.51. The molecule has 8 heteroatoms. The highest BCUT2D eigenvalue weighted by Crippen LogP contribution is 2.55. The number of carbonyl (C=O) groups excluding carboxylic acids is 1. The van der Waals surface area contributed by atoms with E-state index in [4.69, 9.17) is 0 Å². The van der Waals surface area contributed by atoms with Crippen LogP contribution < -0.4 is 5.76 Å². The van der Waals surface area contributed by atoms with Crippen LogP contribution in [-0.4, -0.2) is 34.0 Å². The molecule has 2 fully saturated rings. The van der Waals surface area contributed by atoms with Gasteiger partial charge in [0.25, 0.3) is 5.91 Å². The van der Waals surface area contributed by atoms with Crippen molar-refractivity contribution in [2.45, 2.75) is 25.2 Å². The lowest BCUT2D eigenvalue weighted by molar-refractivity contribution is 0.0711. The number of aromatic amines is 1. The SMILES string of the molecule is O=C(c1noc(=O)[nH]1)N1C[C@@H](c2ccc(F)c(F)c2)C2(CCC2)C1.